The van der Waals surface area contributed by atoms with Crippen LogP contribution in [-0.2, 0) is 10.0 Å². The third-order valence-corrected chi connectivity index (χ3v) is 5.60. The number of rotatable bonds is 6. The van der Waals surface area contributed by atoms with E-state index in [9.17, 15) is 8.42 Å². The van der Waals surface area contributed by atoms with Gasteiger partial charge in [0, 0.05) is 19.1 Å². The van der Waals surface area contributed by atoms with E-state index in [0.29, 0.717) is 24.0 Å². The molecule has 1 aliphatic heterocycles. The van der Waals surface area contributed by atoms with Gasteiger partial charge >= 0.3 is 0 Å². The number of nitrogens with one attached hydrogen (secondary N) is 1. The van der Waals surface area contributed by atoms with Gasteiger partial charge in [-0.1, -0.05) is 24.6 Å². The fourth-order valence-electron chi connectivity index (χ4n) is 2.58. The standard InChI is InChI=1S/C15H24N2O2S/c1-3-11-17(12-14-5-4-10-16-14)20(18,19)15-8-6-13(2)7-9-15/h6-9,14,16H,3-5,10-12H2,1-2H3. The van der Waals surface area contributed by atoms with Crippen LogP contribution in [0.3, 0.4) is 0 Å². The lowest BCUT2D eigenvalue weighted by atomic mass is 10.2. The molecule has 1 aliphatic rings. The van der Waals surface area contributed by atoms with Crippen molar-refractivity contribution in [3.05, 3.63) is 29.8 Å². The Morgan fingerprint density at radius 1 is 1.30 bits per heavy atom. The quantitative estimate of drug-likeness (QED) is 0.875. The van der Waals surface area contributed by atoms with Crippen molar-refractivity contribution in [2.75, 3.05) is 19.6 Å². The van der Waals surface area contributed by atoms with Crippen molar-refractivity contribution >= 4 is 10.0 Å². The first kappa shape index (κ1) is 15.5. The van der Waals surface area contributed by atoms with Crippen molar-refractivity contribution in [1.29, 1.82) is 0 Å². The molecular formula is C15H24N2O2S. The van der Waals surface area contributed by atoms with E-state index in [4.69, 9.17) is 0 Å². The van der Waals surface area contributed by atoms with E-state index < -0.39 is 10.0 Å². The number of aryl methyl sites for hydroxylation is 1. The largest absolute Gasteiger partial charge is 0.313 e. The van der Waals surface area contributed by atoms with Crippen LogP contribution in [0.25, 0.3) is 0 Å². The number of nitrogens with zero attached hydrogens (tertiary/aromatic N) is 1. The Balaban J connectivity index is 2.19. The molecule has 1 saturated heterocycles. The summed E-state index contributed by atoms with van der Waals surface area (Å²) in [6, 6.07) is 7.40. The maximum Gasteiger partial charge on any atom is 0.243 e. The highest BCUT2D eigenvalue weighted by molar-refractivity contribution is 7.89. The molecule has 1 heterocycles. The minimum atomic E-state index is -3.37. The number of sulfonamides is 1. The van der Waals surface area contributed by atoms with E-state index in [1.165, 1.54) is 0 Å². The van der Waals surface area contributed by atoms with Gasteiger partial charge in [0.25, 0.3) is 0 Å². The molecule has 20 heavy (non-hydrogen) atoms. The van der Waals surface area contributed by atoms with Gasteiger partial charge in [-0.15, -0.1) is 0 Å². The Labute approximate surface area is 122 Å². The second kappa shape index (κ2) is 6.70. The van der Waals surface area contributed by atoms with Crippen LogP contribution in [0.4, 0.5) is 0 Å². The molecular weight excluding hydrogens is 272 g/mol. The summed E-state index contributed by atoms with van der Waals surface area (Å²) < 4.78 is 27.1. The first-order chi connectivity index (χ1) is 9.54. The average molecular weight is 296 g/mol. The van der Waals surface area contributed by atoms with Crippen molar-refractivity contribution in [3.63, 3.8) is 0 Å². The molecule has 0 spiro atoms. The predicted octanol–water partition coefficient (Wildman–Crippen LogP) is 2.15. The molecule has 5 heteroatoms. The summed E-state index contributed by atoms with van der Waals surface area (Å²) in [5.74, 6) is 0. The van der Waals surface area contributed by atoms with Crippen LogP contribution in [0.2, 0.25) is 0 Å². The summed E-state index contributed by atoms with van der Waals surface area (Å²) >= 11 is 0. The first-order valence-corrected chi connectivity index (χ1v) is 8.78. The first-order valence-electron chi connectivity index (χ1n) is 7.34. The van der Waals surface area contributed by atoms with Crippen LogP contribution < -0.4 is 5.32 Å². The number of hydrogen-bond acceptors (Lipinski definition) is 3. The fraction of sp³-hybridized carbons (Fsp3) is 0.600. The average Bonchev–Trinajstić information content (AvgIpc) is 2.92. The van der Waals surface area contributed by atoms with Gasteiger partial charge in [0.1, 0.15) is 0 Å². The second-order valence-corrected chi connectivity index (χ2v) is 7.41. The molecule has 1 N–H and O–H groups in total. The third kappa shape index (κ3) is 3.59. The van der Waals surface area contributed by atoms with E-state index in [1.807, 2.05) is 26.0 Å². The zero-order valence-electron chi connectivity index (χ0n) is 12.3. The van der Waals surface area contributed by atoms with Crippen LogP contribution in [0, 0.1) is 6.92 Å². The smallest absolute Gasteiger partial charge is 0.243 e. The normalized spacial score (nSPS) is 19.6. The van der Waals surface area contributed by atoms with E-state index in [0.717, 1.165) is 31.4 Å². The minimum Gasteiger partial charge on any atom is -0.313 e. The summed E-state index contributed by atoms with van der Waals surface area (Å²) in [7, 11) is -3.37. The van der Waals surface area contributed by atoms with Gasteiger partial charge in [0.15, 0.2) is 0 Å². The van der Waals surface area contributed by atoms with Gasteiger partial charge in [-0.2, -0.15) is 4.31 Å². The lowest BCUT2D eigenvalue weighted by Gasteiger charge is -2.25. The molecule has 4 nitrogen and oxygen atoms in total. The maximum atomic E-state index is 12.7. The third-order valence-electron chi connectivity index (χ3n) is 3.72. The van der Waals surface area contributed by atoms with Crippen molar-refractivity contribution in [1.82, 2.24) is 9.62 Å². The Hall–Kier alpha value is -0.910. The molecule has 0 radical (unpaired) electrons. The lowest BCUT2D eigenvalue weighted by Crippen LogP contribution is -2.41. The van der Waals surface area contributed by atoms with Crippen LogP contribution in [0.15, 0.2) is 29.2 Å². The van der Waals surface area contributed by atoms with E-state index >= 15 is 0 Å². The topological polar surface area (TPSA) is 49.4 Å². The fourth-order valence-corrected chi connectivity index (χ4v) is 4.15. The van der Waals surface area contributed by atoms with Crippen LogP contribution in [0.5, 0.6) is 0 Å². The SMILES string of the molecule is CCCN(CC1CCCN1)S(=O)(=O)c1ccc(C)cc1. The van der Waals surface area contributed by atoms with Gasteiger partial charge in [-0.3, -0.25) is 0 Å². The molecule has 1 unspecified atom stereocenters. The highest BCUT2D eigenvalue weighted by atomic mass is 32.2. The molecule has 1 aromatic carbocycles. The summed E-state index contributed by atoms with van der Waals surface area (Å²) in [6.45, 7) is 6.12. The molecule has 112 valence electrons. The summed E-state index contributed by atoms with van der Waals surface area (Å²) in [5, 5.41) is 3.37. The molecule has 1 atom stereocenters. The van der Waals surface area contributed by atoms with Crippen molar-refractivity contribution in [2.45, 2.75) is 44.0 Å². The van der Waals surface area contributed by atoms with Crippen molar-refractivity contribution in [2.24, 2.45) is 0 Å². The summed E-state index contributed by atoms with van der Waals surface area (Å²) in [4.78, 5) is 0.398. The van der Waals surface area contributed by atoms with Crippen LogP contribution in [0.1, 0.15) is 31.7 Å². The van der Waals surface area contributed by atoms with Gasteiger partial charge in [0.2, 0.25) is 10.0 Å². The molecule has 2 rings (SSSR count). The van der Waals surface area contributed by atoms with Crippen LogP contribution >= 0.6 is 0 Å². The molecule has 0 aromatic heterocycles. The lowest BCUT2D eigenvalue weighted by molar-refractivity contribution is 0.369. The summed E-state index contributed by atoms with van der Waals surface area (Å²) in [6.07, 6.45) is 3.02. The highest BCUT2D eigenvalue weighted by Crippen LogP contribution is 2.18. The maximum absolute atomic E-state index is 12.7. The number of hydrogen-bond donors (Lipinski definition) is 1. The Morgan fingerprint density at radius 3 is 2.55 bits per heavy atom. The molecule has 1 aromatic rings. The predicted molar refractivity (Wildman–Crippen MR) is 81.3 cm³/mol. The van der Waals surface area contributed by atoms with Gasteiger partial charge in [0.05, 0.1) is 4.90 Å². The Kier molecular flexibility index (Phi) is 5.18. The molecule has 1 fully saturated rings. The van der Waals surface area contributed by atoms with Crippen LogP contribution in [-0.4, -0.2) is 38.4 Å². The highest BCUT2D eigenvalue weighted by Gasteiger charge is 2.27. The van der Waals surface area contributed by atoms with Crippen molar-refractivity contribution < 1.29 is 8.42 Å². The van der Waals surface area contributed by atoms with Crippen molar-refractivity contribution in [3.8, 4) is 0 Å². The Morgan fingerprint density at radius 2 is 2.00 bits per heavy atom. The van der Waals surface area contributed by atoms with Gasteiger partial charge in [-0.25, -0.2) is 8.42 Å². The minimum absolute atomic E-state index is 0.293. The van der Waals surface area contributed by atoms with Gasteiger partial charge in [-0.05, 0) is 44.9 Å². The van der Waals surface area contributed by atoms with E-state index in [-0.39, 0.29) is 0 Å². The zero-order valence-corrected chi connectivity index (χ0v) is 13.1. The summed E-state index contributed by atoms with van der Waals surface area (Å²) in [5.41, 5.74) is 1.07. The van der Waals surface area contributed by atoms with Gasteiger partial charge < -0.3 is 5.32 Å². The molecule has 0 amide bonds. The van der Waals surface area contributed by atoms with E-state index in [1.54, 1.807) is 16.4 Å². The second-order valence-electron chi connectivity index (χ2n) is 5.47. The monoisotopic (exact) mass is 296 g/mol. The molecule has 0 bridgehead atoms. The zero-order chi connectivity index (χ0) is 14.6. The van der Waals surface area contributed by atoms with E-state index in [2.05, 4.69) is 5.32 Å². The molecule has 0 aliphatic carbocycles. The number of benzene rings is 1. The molecule has 0 saturated carbocycles. The Bertz CT molecular complexity index is 519.